The van der Waals surface area contributed by atoms with Crippen LogP contribution in [0.3, 0.4) is 0 Å². The Morgan fingerprint density at radius 3 is 1.54 bits per heavy atom. The third-order valence-corrected chi connectivity index (χ3v) is 2.79. The van der Waals surface area contributed by atoms with E-state index in [1.54, 1.807) is 0 Å². The molecule has 0 aromatic carbocycles. The van der Waals surface area contributed by atoms with Crippen LogP contribution in [0.2, 0.25) is 0 Å². The van der Waals surface area contributed by atoms with Gasteiger partial charge in [-0.15, -0.1) is 0 Å². The first-order chi connectivity index (χ1) is 4.63. The van der Waals surface area contributed by atoms with Gasteiger partial charge in [-0.2, -0.15) is 0 Å². The first-order valence-electron chi connectivity index (χ1n) is 2.37. The van der Waals surface area contributed by atoms with Crippen molar-refractivity contribution >= 4 is 15.2 Å². The molecule has 0 aromatic heterocycles. The molecule has 0 bridgehead atoms. The standard InChI is InChI=1S/C2H8O7P2.2K/c3-2(11(7,8)9)1-10(4,5)6;;/h2-3H,1H2,(H2,4,5,6)(H2,7,8,9);;/q;2*+1/p-2. The van der Waals surface area contributed by atoms with Gasteiger partial charge in [0.15, 0.2) is 0 Å². The molecule has 0 rings (SSSR count). The van der Waals surface area contributed by atoms with Gasteiger partial charge in [0.05, 0.1) is 12.0 Å². The number of hydrogen-bond donors (Lipinski definition) is 3. The van der Waals surface area contributed by atoms with Crippen molar-refractivity contribution in [1.82, 2.24) is 0 Å². The molecule has 0 aliphatic carbocycles. The summed E-state index contributed by atoms with van der Waals surface area (Å²) < 4.78 is 19.9. The van der Waals surface area contributed by atoms with Gasteiger partial charge in [-0.3, -0.25) is 4.57 Å². The van der Waals surface area contributed by atoms with Crippen LogP contribution < -0.4 is 113 Å². The first kappa shape index (κ1) is 21.8. The zero-order valence-electron chi connectivity index (χ0n) is 7.15. The van der Waals surface area contributed by atoms with E-state index in [-0.39, 0.29) is 103 Å². The minimum Gasteiger partial charge on any atom is -0.809 e. The van der Waals surface area contributed by atoms with Crippen LogP contribution in [0.1, 0.15) is 0 Å². The van der Waals surface area contributed by atoms with Gasteiger partial charge in [0, 0.05) is 0 Å². The molecular weight excluding hydrogens is 276 g/mol. The van der Waals surface area contributed by atoms with Crippen LogP contribution in [-0.4, -0.2) is 26.9 Å². The normalized spacial score (nSPS) is 13.9. The summed E-state index contributed by atoms with van der Waals surface area (Å²) in [5.41, 5.74) is 0. The van der Waals surface area contributed by atoms with Gasteiger partial charge in [0.1, 0.15) is 0 Å². The van der Waals surface area contributed by atoms with Crippen LogP contribution in [0.15, 0.2) is 0 Å². The molecule has 68 valence electrons. The Morgan fingerprint density at radius 1 is 1.15 bits per heavy atom. The molecular formula is C2H6K2O7P2. The van der Waals surface area contributed by atoms with E-state index in [2.05, 4.69) is 0 Å². The van der Waals surface area contributed by atoms with Crippen LogP contribution in [0.5, 0.6) is 0 Å². The second-order valence-corrected chi connectivity index (χ2v) is 5.24. The fourth-order valence-corrected chi connectivity index (χ4v) is 2.18. The molecule has 0 amide bonds. The average Bonchev–Trinajstić information content (AvgIpc) is 1.56. The van der Waals surface area contributed by atoms with Crippen molar-refractivity contribution in [2.24, 2.45) is 0 Å². The van der Waals surface area contributed by atoms with E-state index in [0.29, 0.717) is 0 Å². The molecule has 0 heterocycles. The SMILES string of the molecule is O=P(O)(O)CC(O)P(=O)([O-])[O-].[K+].[K+]. The predicted octanol–water partition coefficient (Wildman–Crippen LogP) is -8.60. The number of aliphatic hydroxyl groups is 1. The van der Waals surface area contributed by atoms with Crippen molar-refractivity contribution in [2.45, 2.75) is 5.85 Å². The minimum atomic E-state index is -5.29. The Labute approximate surface area is 160 Å². The first-order valence-corrected chi connectivity index (χ1v) is 5.78. The van der Waals surface area contributed by atoms with Crippen molar-refractivity contribution < 1.29 is 137 Å². The van der Waals surface area contributed by atoms with Crippen LogP contribution in [0.4, 0.5) is 0 Å². The molecule has 1 unspecified atom stereocenters. The Balaban J connectivity index is -0.000000500. The third-order valence-electron chi connectivity index (χ3n) is 0.766. The summed E-state index contributed by atoms with van der Waals surface area (Å²) in [6.45, 7) is 0. The van der Waals surface area contributed by atoms with Crippen molar-refractivity contribution in [3.8, 4) is 0 Å². The molecule has 13 heavy (non-hydrogen) atoms. The van der Waals surface area contributed by atoms with Crippen molar-refractivity contribution in [3.63, 3.8) is 0 Å². The van der Waals surface area contributed by atoms with Crippen LogP contribution in [-0.2, 0) is 9.13 Å². The Bertz CT molecular complexity index is 219. The molecule has 0 fully saturated rings. The third kappa shape index (κ3) is 13.5. The molecule has 0 saturated carbocycles. The average molecular weight is 282 g/mol. The Morgan fingerprint density at radius 2 is 1.46 bits per heavy atom. The van der Waals surface area contributed by atoms with Crippen molar-refractivity contribution in [2.75, 3.05) is 6.16 Å². The summed E-state index contributed by atoms with van der Waals surface area (Å²) >= 11 is 0. The maximum Gasteiger partial charge on any atom is 1.00 e. The van der Waals surface area contributed by atoms with Crippen LogP contribution >= 0.6 is 15.2 Å². The van der Waals surface area contributed by atoms with Gasteiger partial charge < -0.3 is 29.2 Å². The van der Waals surface area contributed by atoms with E-state index in [4.69, 9.17) is 14.9 Å². The molecule has 0 spiro atoms. The molecule has 1 atom stereocenters. The van der Waals surface area contributed by atoms with Gasteiger partial charge >= 0.3 is 110 Å². The van der Waals surface area contributed by atoms with Crippen molar-refractivity contribution in [1.29, 1.82) is 0 Å². The zero-order valence-corrected chi connectivity index (χ0v) is 15.2. The molecule has 0 aliphatic rings. The molecule has 3 N–H and O–H groups in total. The Hall–Kier alpha value is 3.53. The summed E-state index contributed by atoms with van der Waals surface area (Å²) in [4.78, 5) is 36.0. The number of aliphatic hydroxyl groups excluding tert-OH is 1. The van der Waals surface area contributed by atoms with Gasteiger partial charge in [-0.1, -0.05) is 0 Å². The minimum absolute atomic E-state index is 0. The van der Waals surface area contributed by atoms with E-state index in [1.807, 2.05) is 0 Å². The van der Waals surface area contributed by atoms with E-state index in [0.717, 1.165) is 0 Å². The van der Waals surface area contributed by atoms with Gasteiger partial charge in [0.2, 0.25) is 0 Å². The van der Waals surface area contributed by atoms with Gasteiger partial charge in [0.25, 0.3) is 0 Å². The topological polar surface area (TPSA) is 141 Å². The van der Waals surface area contributed by atoms with Crippen molar-refractivity contribution in [3.05, 3.63) is 0 Å². The number of hydrogen-bond acceptors (Lipinski definition) is 5. The summed E-state index contributed by atoms with van der Waals surface area (Å²) in [5, 5.41) is 8.34. The summed E-state index contributed by atoms with van der Waals surface area (Å²) in [6, 6.07) is 0. The summed E-state index contributed by atoms with van der Waals surface area (Å²) in [5.74, 6) is -2.51. The van der Waals surface area contributed by atoms with Crippen LogP contribution in [0, 0.1) is 0 Å². The molecule has 0 radical (unpaired) electrons. The smallest absolute Gasteiger partial charge is 0.809 e. The van der Waals surface area contributed by atoms with E-state index in [9.17, 15) is 18.9 Å². The maximum absolute atomic E-state index is 10.0. The second kappa shape index (κ2) is 8.60. The number of rotatable bonds is 3. The quantitative estimate of drug-likeness (QED) is 0.345. The molecule has 0 aliphatic heterocycles. The largest absolute Gasteiger partial charge is 1.00 e. The summed E-state index contributed by atoms with van der Waals surface area (Å²) in [6.07, 6.45) is -1.35. The van der Waals surface area contributed by atoms with Crippen LogP contribution in [0.25, 0.3) is 0 Å². The molecule has 11 heteroatoms. The Kier molecular flexibility index (Phi) is 14.4. The van der Waals surface area contributed by atoms with E-state index >= 15 is 0 Å². The van der Waals surface area contributed by atoms with E-state index in [1.165, 1.54) is 0 Å². The maximum atomic E-state index is 10.0. The monoisotopic (exact) mass is 282 g/mol. The zero-order chi connectivity index (χ0) is 9.28. The predicted molar refractivity (Wildman–Crippen MR) is 30.5 cm³/mol. The second-order valence-electron chi connectivity index (χ2n) is 1.87. The molecule has 7 nitrogen and oxygen atoms in total. The summed E-state index contributed by atoms with van der Waals surface area (Å²) in [7, 11) is -9.93. The van der Waals surface area contributed by atoms with Gasteiger partial charge in [-0.05, 0) is 7.60 Å². The van der Waals surface area contributed by atoms with E-state index < -0.39 is 27.2 Å². The molecule has 0 saturated heterocycles. The fraction of sp³-hybridized carbons (Fsp3) is 1.00. The molecule has 0 aromatic rings. The fourth-order valence-electron chi connectivity index (χ4n) is 0.313. The van der Waals surface area contributed by atoms with Gasteiger partial charge in [-0.25, -0.2) is 0 Å².